The van der Waals surface area contributed by atoms with E-state index in [1.165, 1.54) is 18.5 Å². The molecule has 0 spiro atoms. The molecule has 0 saturated heterocycles. The summed E-state index contributed by atoms with van der Waals surface area (Å²) in [5, 5.41) is 4.12. The third-order valence-corrected chi connectivity index (χ3v) is 5.24. The van der Waals surface area contributed by atoms with Crippen molar-refractivity contribution in [1.82, 2.24) is 9.97 Å². The predicted molar refractivity (Wildman–Crippen MR) is 131 cm³/mol. The summed E-state index contributed by atoms with van der Waals surface area (Å²) in [5.74, 6) is 1.67. The summed E-state index contributed by atoms with van der Waals surface area (Å²) < 4.78 is 30.1. The van der Waals surface area contributed by atoms with Gasteiger partial charge in [-0.2, -0.15) is 0 Å². The Morgan fingerprint density at radius 3 is 2.65 bits per heavy atom. The minimum Gasteiger partial charge on any atom is -0.491 e. The molecule has 0 saturated carbocycles. The van der Waals surface area contributed by atoms with E-state index in [1.54, 1.807) is 13.2 Å². The molecule has 0 aliphatic heterocycles. The number of nitrogens with zero attached hydrogens (tertiary/aromatic N) is 2. The Morgan fingerprint density at radius 2 is 1.85 bits per heavy atom. The number of nitrogens with one attached hydrogen (secondary N) is 1. The lowest BCUT2D eigenvalue weighted by molar-refractivity contribution is 0.172. The molecule has 4 aromatic rings. The highest BCUT2D eigenvalue weighted by atomic mass is 19.1. The second-order valence-electron chi connectivity index (χ2n) is 7.85. The molecule has 3 aromatic carbocycles. The second kappa shape index (κ2) is 10.8. The first kappa shape index (κ1) is 23.3. The number of nitrogen functional groups attached to an aromatic ring is 1. The van der Waals surface area contributed by atoms with Crippen LogP contribution >= 0.6 is 0 Å². The molecule has 1 aromatic heterocycles. The first-order chi connectivity index (χ1) is 16.5. The average molecular weight is 463 g/mol. The van der Waals surface area contributed by atoms with Crippen LogP contribution in [-0.2, 0) is 11.3 Å². The maximum absolute atomic E-state index is 13.4. The van der Waals surface area contributed by atoms with Gasteiger partial charge in [0.2, 0.25) is 0 Å². The van der Waals surface area contributed by atoms with E-state index in [2.05, 4.69) is 15.3 Å². The Morgan fingerprint density at radius 1 is 0.971 bits per heavy atom. The molecular formula is C26H27FN4O3. The lowest BCUT2D eigenvalue weighted by atomic mass is 10.1. The molecule has 0 aliphatic carbocycles. The van der Waals surface area contributed by atoms with Gasteiger partial charge in [0.25, 0.3) is 0 Å². The number of ether oxygens (including phenoxy) is 3. The molecule has 0 unspecified atom stereocenters. The van der Waals surface area contributed by atoms with Crippen LogP contribution in [0.2, 0.25) is 0 Å². The molecule has 4 rings (SSSR count). The lowest BCUT2D eigenvalue weighted by Gasteiger charge is -2.14. The minimum atomic E-state index is -0.278. The largest absolute Gasteiger partial charge is 0.491 e. The number of halogens is 1. The van der Waals surface area contributed by atoms with E-state index in [0.717, 1.165) is 39.9 Å². The minimum absolute atomic E-state index is 0.278. The molecular weight excluding hydrogens is 435 g/mol. The number of methoxy groups -OCH3 is 1. The number of rotatable bonds is 10. The van der Waals surface area contributed by atoms with Crippen LogP contribution in [0.1, 0.15) is 17.5 Å². The maximum Gasteiger partial charge on any atom is 0.144 e. The zero-order valence-corrected chi connectivity index (χ0v) is 19.2. The highest BCUT2D eigenvalue weighted by Gasteiger charge is 2.11. The van der Waals surface area contributed by atoms with Crippen LogP contribution in [0.4, 0.5) is 21.6 Å². The van der Waals surface area contributed by atoms with Gasteiger partial charge in [-0.25, -0.2) is 14.4 Å². The zero-order valence-electron chi connectivity index (χ0n) is 19.2. The van der Waals surface area contributed by atoms with Gasteiger partial charge in [-0.15, -0.1) is 0 Å². The third kappa shape index (κ3) is 5.71. The zero-order chi connectivity index (χ0) is 23.9. The standard InChI is InChI=1S/C26H27FN4O3/c1-17-11-20(7-8-24(17)34-15-18-5-3-6-19(27)12-18)31-26-21-13-22(28)25(33-10-4-9-32-2)14-23(21)29-16-30-26/h3,5-8,11-14,16H,4,9-10,15,28H2,1-2H3,(H,29,30,31). The molecule has 0 fully saturated rings. The molecule has 0 amide bonds. The Balaban J connectivity index is 1.48. The quantitative estimate of drug-likeness (QED) is 0.241. The highest BCUT2D eigenvalue weighted by molar-refractivity contribution is 5.94. The van der Waals surface area contributed by atoms with Gasteiger partial charge in [0, 0.05) is 37.3 Å². The van der Waals surface area contributed by atoms with Crippen LogP contribution in [0.5, 0.6) is 11.5 Å². The summed E-state index contributed by atoms with van der Waals surface area (Å²) in [6.45, 7) is 3.37. The number of hydrogen-bond acceptors (Lipinski definition) is 7. The normalized spacial score (nSPS) is 10.9. The second-order valence-corrected chi connectivity index (χ2v) is 7.85. The fraction of sp³-hybridized carbons (Fsp3) is 0.231. The molecule has 1 heterocycles. The van der Waals surface area contributed by atoms with Crippen molar-refractivity contribution in [3.05, 3.63) is 77.9 Å². The van der Waals surface area contributed by atoms with E-state index in [9.17, 15) is 4.39 Å². The summed E-state index contributed by atoms with van der Waals surface area (Å²) in [7, 11) is 1.66. The molecule has 3 N–H and O–H groups in total. The van der Waals surface area contributed by atoms with Crippen molar-refractivity contribution in [1.29, 1.82) is 0 Å². The van der Waals surface area contributed by atoms with Crippen LogP contribution in [0, 0.1) is 12.7 Å². The van der Waals surface area contributed by atoms with Gasteiger partial charge in [0.15, 0.2) is 0 Å². The Kier molecular flexibility index (Phi) is 7.39. The lowest BCUT2D eigenvalue weighted by Crippen LogP contribution is -2.04. The predicted octanol–water partition coefficient (Wildman–Crippen LogP) is 5.40. The van der Waals surface area contributed by atoms with Crippen LogP contribution in [0.3, 0.4) is 0 Å². The van der Waals surface area contributed by atoms with E-state index in [-0.39, 0.29) is 12.4 Å². The van der Waals surface area contributed by atoms with E-state index in [1.807, 2.05) is 43.3 Å². The molecule has 8 heteroatoms. The number of aromatic nitrogens is 2. The molecule has 0 atom stereocenters. The summed E-state index contributed by atoms with van der Waals surface area (Å²) in [6.07, 6.45) is 2.27. The molecule has 0 aliphatic rings. The first-order valence-electron chi connectivity index (χ1n) is 10.9. The average Bonchev–Trinajstić information content (AvgIpc) is 2.82. The number of aryl methyl sites for hydroxylation is 1. The van der Waals surface area contributed by atoms with Gasteiger partial charge in [-0.05, 0) is 54.4 Å². The number of hydrogen-bond donors (Lipinski definition) is 2. The molecule has 7 nitrogen and oxygen atoms in total. The molecule has 34 heavy (non-hydrogen) atoms. The van der Waals surface area contributed by atoms with Crippen molar-refractivity contribution >= 4 is 28.1 Å². The number of nitrogens with two attached hydrogens (primary N) is 1. The molecule has 0 radical (unpaired) electrons. The third-order valence-electron chi connectivity index (χ3n) is 5.24. The van der Waals surface area contributed by atoms with Gasteiger partial charge in [-0.3, -0.25) is 0 Å². The van der Waals surface area contributed by atoms with Crippen molar-refractivity contribution in [2.45, 2.75) is 20.0 Å². The van der Waals surface area contributed by atoms with Crippen LogP contribution in [0.15, 0.2) is 60.9 Å². The SMILES string of the molecule is COCCCOc1cc2ncnc(Nc3ccc(OCc4cccc(F)c4)c(C)c3)c2cc1N. The van der Waals surface area contributed by atoms with E-state index in [4.69, 9.17) is 19.9 Å². The first-order valence-corrected chi connectivity index (χ1v) is 10.9. The van der Waals surface area contributed by atoms with Gasteiger partial charge in [0.1, 0.15) is 36.1 Å². The van der Waals surface area contributed by atoms with E-state index in [0.29, 0.717) is 30.5 Å². The van der Waals surface area contributed by atoms with Crippen molar-refractivity contribution in [2.75, 3.05) is 31.4 Å². The Hall–Kier alpha value is -3.91. The monoisotopic (exact) mass is 462 g/mol. The van der Waals surface area contributed by atoms with Crippen molar-refractivity contribution in [2.24, 2.45) is 0 Å². The van der Waals surface area contributed by atoms with Crippen LogP contribution in [-0.4, -0.2) is 30.3 Å². The maximum atomic E-state index is 13.4. The Bertz CT molecular complexity index is 1280. The summed E-state index contributed by atoms with van der Waals surface area (Å²) in [6, 6.07) is 15.7. The summed E-state index contributed by atoms with van der Waals surface area (Å²) >= 11 is 0. The number of anilines is 3. The van der Waals surface area contributed by atoms with Gasteiger partial charge < -0.3 is 25.3 Å². The Labute approximate surface area is 197 Å². The molecule has 176 valence electrons. The highest BCUT2D eigenvalue weighted by Crippen LogP contribution is 2.32. The number of fused-ring (bicyclic) bond motifs is 1. The smallest absolute Gasteiger partial charge is 0.144 e. The number of benzene rings is 3. The van der Waals surface area contributed by atoms with Crippen molar-refractivity contribution in [3.8, 4) is 11.5 Å². The summed E-state index contributed by atoms with van der Waals surface area (Å²) in [4.78, 5) is 8.76. The van der Waals surface area contributed by atoms with E-state index >= 15 is 0 Å². The summed E-state index contributed by atoms with van der Waals surface area (Å²) in [5.41, 5.74) is 10.0. The van der Waals surface area contributed by atoms with Crippen molar-refractivity contribution < 1.29 is 18.6 Å². The van der Waals surface area contributed by atoms with Crippen LogP contribution in [0.25, 0.3) is 10.9 Å². The van der Waals surface area contributed by atoms with Crippen molar-refractivity contribution in [3.63, 3.8) is 0 Å². The van der Waals surface area contributed by atoms with Gasteiger partial charge >= 0.3 is 0 Å². The molecule has 0 bridgehead atoms. The van der Waals surface area contributed by atoms with Gasteiger partial charge in [-0.1, -0.05) is 12.1 Å². The topological polar surface area (TPSA) is 91.5 Å². The fourth-order valence-corrected chi connectivity index (χ4v) is 3.52. The van der Waals surface area contributed by atoms with E-state index < -0.39 is 0 Å². The van der Waals surface area contributed by atoms with Crippen LogP contribution < -0.4 is 20.5 Å². The van der Waals surface area contributed by atoms with Gasteiger partial charge in [0.05, 0.1) is 17.8 Å². The fourth-order valence-electron chi connectivity index (χ4n) is 3.52.